The number of methoxy groups -OCH3 is 1. The zero-order valence-corrected chi connectivity index (χ0v) is 23.7. The highest BCUT2D eigenvalue weighted by molar-refractivity contribution is 6.32. The molecule has 3 aromatic carbocycles. The van der Waals surface area contributed by atoms with Gasteiger partial charge in [0.2, 0.25) is 0 Å². The number of benzene rings is 3. The van der Waals surface area contributed by atoms with Crippen molar-refractivity contribution in [3.05, 3.63) is 93.0 Å². The molecule has 228 valence electrons. The molecule has 0 N–H and O–H groups in total. The number of para-hydroxylation sites is 1. The zero-order valence-electron chi connectivity index (χ0n) is 23.0. The van der Waals surface area contributed by atoms with Crippen LogP contribution >= 0.6 is 11.6 Å². The van der Waals surface area contributed by atoms with Crippen LogP contribution < -0.4 is 9.64 Å². The molecule has 3 rings (SSSR count). The molecular weight excluding hydrogens is 605 g/mol. The van der Waals surface area contributed by atoms with E-state index in [4.69, 9.17) is 21.6 Å². The van der Waals surface area contributed by atoms with E-state index in [0.717, 1.165) is 0 Å². The van der Waals surface area contributed by atoms with E-state index in [2.05, 4.69) is 0 Å². The lowest BCUT2D eigenvalue weighted by Gasteiger charge is -2.31. The Morgan fingerprint density at radius 2 is 1.56 bits per heavy atom. The van der Waals surface area contributed by atoms with Crippen LogP contribution in [0.2, 0.25) is 5.02 Å². The number of alkyl halides is 7. The second-order valence-corrected chi connectivity index (χ2v) is 9.71. The van der Waals surface area contributed by atoms with Crippen LogP contribution in [0.15, 0.2) is 54.6 Å². The lowest BCUT2D eigenvalue weighted by Crippen LogP contribution is -2.50. The van der Waals surface area contributed by atoms with Crippen LogP contribution in [0.3, 0.4) is 0 Å². The Morgan fingerprint density at radius 3 is 2.05 bits per heavy atom. The monoisotopic (exact) mass is 628 g/mol. The van der Waals surface area contributed by atoms with Crippen molar-refractivity contribution in [1.29, 1.82) is 5.26 Å². The summed E-state index contributed by atoms with van der Waals surface area (Å²) >= 11 is 6.10. The number of Topliss-reactive ketones (excluding diaryl/α,β-unsaturated/α-hetero) is 1. The highest BCUT2D eigenvalue weighted by Crippen LogP contribution is 2.54. The van der Waals surface area contributed by atoms with Crippen LogP contribution in [0.4, 0.5) is 36.4 Å². The van der Waals surface area contributed by atoms with Crippen molar-refractivity contribution in [2.45, 2.75) is 44.7 Å². The molecule has 3 aromatic rings. The number of ether oxygens (including phenoxy) is 1. The van der Waals surface area contributed by atoms with Crippen LogP contribution in [0.5, 0.6) is 5.75 Å². The maximum Gasteiger partial charge on any atom is 0.435 e. The van der Waals surface area contributed by atoms with Crippen molar-refractivity contribution in [1.82, 2.24) is 0 Å². The Morgan fingerprint density at radius 1 is 0.953 bits per heavy atom. The maximum absolute atomic E-state index is 14.7. The lowest BCUT2D eigenvalue weighted by molar-refractivity contribution is -0.348. The van der Waals surface area contributed by atoms with Gasteiger partial charge in [0.15, 0.2) is 11.5 Å². The molecule has 0 aliphatic carbocycles. The van der Waals surface area contributed by atoms with Crippen LogP contribution in [0.25, 0.3) is 0 Å². The molecule has 0 fully saturated rings. The second-order valence-electron chi connectivity index (χ2n) is 9.30. The molecule has 0 saturated carbocycles. The van der Waals surface area contributed by atoms with Crippen LogP contribution in [-0.4, -0.2) is 37.7 Å². The number of hydrogen-bond acceptors (Lipinski definition) is 4. The van der Waals surface area contributed by atoms with Gasteiger partial charge < -0.3 is 9.64 Å². The number of carbonyl (C=O) groups excluding carboxylic acids is 2. The first-order chi connectivity index (χ1) is 20.0. The number of rotatable bonds is 9. The minimum absolute atomic E-state index is 0.0148. The quantitative estimate of drug-likeness (QED) is 0.177. The normalized spacial score (nSPS) is 12.0. The molecule has 0 aliphatic heterocycles. The first-order valence-corrected chi connectivity index (χ1v) is 13.1. The Kier molecular flexibility index (Phi) is 9.81. The van der Waals surface area contributed by atoms with Gasteiger partial charge in [-0.25, -0.2) is 4.39 Å². The van der Waals surface area contributed by atoms with E-state index in [1.54, 1.807) is 6.92 Å². The minimum atomic E-state index is -6.33. The van der Waals surface area contributed by atoms with Gasteiger partial charge in [0.05, 0.1) is 30.0 Å². The number of amides is 1. The van der Waals surface area contributed by atoms with Crippen molar-refractivity contribution in [2.24, 2.45) is 0 Å². The number of halogens is 8. The van der Waals surface area contributed by atoms with E-state index >= 15 is 0 Å². The summed E-state index contributed by atoms with van der Waals surface area (Å²) in [6.07, 6.45) is -13.4. The van der Waals surface area contributed by atoms with E-state index < -0.39 is 46.7 Å². The highest BCUT2D eigenvalue weighted by Gasteiger charge is 2.73. The van der Waals surface area contributed by atoms with E-state index in [1.807, 2.05) is 6.07 Å². The van der Waals surface area contributed by atoms with Gasteiger partial charge in [-0.05, 0) is 66.9 Å². The fourth-order valence-electron chi connectivity index (χ4n) is 4.59. The number of aryl methyl sites for hydroxylation is 1. The van der Waals surface area contributed by atoms with Crippen molar-refractivity contribution in [3.63, 3.8) is 0 Å². The fraction of sp³-hybridized carbons (Fsp3) is 0.300. The molecule has 13 heteroatoms. The molecule has 0 bridgehead atoms. The van der Waals surface area contributed by atoms with Gasteiger partial charge in [-0.1, -0.05) is 30.7 Å². The van der Waals surface area contributed by atoms with Crippen molar-refractivity contribution >= 4 is 29.0 Å². The first-order valence-electron chi connectivity index (χ1n) is 12.7. The lowest BCUT2D eigenvalue weighted by atomic mass is 9.88. The summed E-state index contributed by atoms with van der Waals surface area (Å²) in [5, 5.41) is 8.36. The standard InChI is InChI=1S/C30H24ClF7N2O3/c1-4-18-13-20(28(32,29(33,34)35)30(36,37)38)14-23(31)22(18)15-25(41)21-7-6-8-24(26(21)43-3)40(5-2)27(42)19-11-9-17(16-39)10-12-19/h6-14H,4-5,15H2,1-3H3. The molecule has 0 aromatic heterocycles. The smallest absolute Gasteiger partial charge is 0.435 e. The fourth-order valence-corrected chi connectivity index (χ4v) is 4.89. The highest BCUT2D eigenvalue weighted by atomic mass is 35.5. The Balaban J connectivity index is 2.05. The number of nitrogens with zero attached hydrogens (tertiary/aromatic N) is 2. The van der Waals surface area contributed by atoms with Gasteiger partial charge in [-0.15, -0.1) is 0 Å². The zero-order chi connectivity index (χ0) is 32.3. The Labute approximate surface area is 247 Å². The predicted molar refractivity (Wildman–Crippen MR) is 145 cm³/mol. The number of carbonyl (C=O) groups is 2. The summed E-state index contributed by atoms with van der Waals surface area (Å²) in [4.78, 5) is 28.1. The van der Waals surface area contributed by atoms with Crippen LogP contribution in [-0.2, 0) is 18.5 Å². The molecule has 1 amide bonds. The van der Waals surface area contributed by atoms with E-state index in [9.17, 15) is 40.3 Å². The second kappa shape index (κ2) is 12.6. The average molecular weight is 629 g/mol. The molecule has 43 heavy (non-hydrogen) atoms. The summed E-state index contributed by atoms with van der Waals surface area (Å²) in [5.74, 6) is -1.16. The van der Waals surface area contributed by atoms with Crippen LogP contribution in [0.1, 0.15) is 56.8 Å². The summed E-state index contributed by atoms with van der Waals surface area (Å²) in [6.45, 7) is 3.22. The third-order valence-electron chi connectivity index (χ3n) is 6.80. The van der Waals surface area contributed by atoms with Gasteiger partial charge in [0.1, 0.15) is 0 Å². The molecule has 0 aliphatic rings. The molecule has 0 unspecified atom stereocenters. The molecule has 5 nitrogen and oxygen atoms in total. The SMILES string of the molecule is CCc1cc(C(F)(C(F)(F)F)C(F)(F)F)cc(Cl)c1CC(=O)c1cccc(N(CC)C(=O)c2ccc(C#N)cc2)c1OC. The van der Waals surface area contributed by atoms with Gasteiger partial charge in [-0.3, -0.25) is 9.59 Å². The van der Waals surface area contributed by atoms with Crippen LogP contribution in [0, 0.1) is 11.3 Å². The summed E-state index contributed by atoms with van der Waals surface area (Å²) < 4.78 is 100. The van der Waals surface area contributed by atoms with Crippen molar-refractivity contribution in [2.75, 3.05) is 18.6 Å². The molecule has 0 saturated heterocycles. The van der Waals surface area contributed by atoms with Crippen molar-refractivity contribution in [3.8, 4) is 11.8 Å². The Hall–Kier alpha value is -4.11. The predicted octanol–water partition coefficient (Wildman–Crippen LogP) is 8.16. The van der Waals surface area contributed by atoms with E-state index in [0.29, 0.717) is 11.6 Å². The third kappa shape index (κ3) is 6.32. The van der Waals surface area contributed by atoms with Gasteiger partial charge in [-0.2, -0.15) is 31.6 Å². The minimum Gasteiger partial charge on any atom is -0.494 e. The number of ketones is 1. The third-order valence-corrected chi connectivity index (χ3v) is 7.13. The summed E-state index contributed by atoms with van der Waals surface area (Å²) in [6, 6.07) is 12.8. The Bertz CT molecular complexity index is 1550. The van der Waals surface area contributed by atoms with Gasteiger partial charge in [0.25, 0.3) is 5.91 Å². The van der Waals surface area contributed by atoms with Gasteiger partial charge >= 0.3 is 18.0 Å². The molecule has 0 radical (unpaired) electrons. The number of anilines is 1. The largest absolute Gasteiger partial charge is 0.494 e. The number of nitriles is 1. The summed E-state index contributed by atoms with van der Waals surface area (Å²) in [7, 11) is 1.25. The average Bonchev–Trinajstić information content (AvgIpc) is 2.96. The van der Waals surface area contributed by atoms with E-state index in [1.165, 1.54) is 61.4 Å². The first kappa shape index (κ1) is 33.4. The van der Waals surface area contributed by atoms with E-state index in [-0.39, 0.29) is 52.7 Å². The molecule has 0 atom stereocenters. The van der Waals surface area contributed by atoms with Crippen molar-refractivity contribution < 1.29 is 45.1 Å². The summed E-state index contributed by atoms with van der Waals surface area (Å²) in [5.41, 5.74) is -6.94. The number of hydrogen-bond donors (Lipinski definition) is 0. The molecule has 0 heterocycles. The topological polar surface area (TPSA) is 70.4 Å². The maximum atomic E-state index is 14.7. The molecule has 0 spiro atoms. The van der Waals surface area contributed by atoms with Gasteiger partial charge in [0, 0.05) is 29.1 Å². The molecular formula is C30H24ClF7N2O3.